The standard InChI is InChI=1S/C15H23NO2S/c1-3-19-12-4-10-16(11-9-15(17)18)14-7-5-13(2)6-8-14/h5-8H,3-4,9-12H2,1-2H3,(H,17,18). The highest BCUT2D eigenvalue weighted by atomic mass is 32.2. The van der Waals surface area contributed by atoms with E-state index >= 15 is 0 Å². The molecule has 0 aliphatic heterocycles. The Hall–Kier alpha value is -1.16. The SMILES string of the molecule is CCSCCCN(CCC(=O)O)c1ccc(C)cc1. The smallest absolute Gasteiger partial charge is 0.305 e. The molecule has 0 saturated carbocycles. The normalized spacial score (nSPS) is 10.4. The molecule has 106 valence electrons. The fraction of sp³-hybridized carbons (Fsp3) is 0.533. The minimum Gasteiger partial charge on any atom is -0.481 e. The summed E-state index contributed by atoms with van der Waals surface area (Å²) in [4.78, 5) is 12.9. The van der Waals surface area contributed by atoms with Crippen molar-refractivity contribution in [3.8, 4) is 0 Å². The molecule has 0 saturated heterocycles. The van der Waals surface area contributed by atoms with Crippen LogP contribution in [0.5, 0.6) is 0 Å². The lowest BCUT2D eigenvalue weighted by Crippen LogP contribution is -2.27. The summed E-state index contributed by atoms with van der Waals surface area (Å²) in [5.41, 5.74) is 2.34. The Balaban J connectivity index is 2.57. The molecule has 0 bridgehead atoms. The monoisotopic (exact) mass is 281 g/mol. The number of hydrogen-bond acceptors (Lipinski definition) is 3. The van der Waals surface area contributed by atoms with E-state index in [1.165, 1.54) is 5.56 Å². The molecule has 19 heavy (non-hydrogen) atoms. The highest BCUT2D eigenvalue weighted by Gasteiger charge is 2.08. The summed E-state index contributed by atoms with van der Waals surface area (Å²) in [6, 6.07) is 8.29. The van der Waals surface area contributed by atoms with E-state index in [-0.39, 0.29) is 6.42 Å². The summed E-state index contributed by atoms with van der Waals surface area (Å²) >= 11 is 1.93. The van der Waals surface area contributed by atoms with Gasteiger partial charge in [0, 0.05) is 18.8 Å². The van der Waals surface area contributed by atoms with Crippen LogP contribution in [0.2, 0.25) is 0 Å². The quantitative estimate of drug-likeness (QED) is 0.704. The number of rotatable bonds is 9. The lowest BCUT2D eigenvalue weighted by molar-refractivity contribution is -0.136. The van der Waals surface area contributed by atoms with Crippen molar-refractivity contribution in [2.75, 3.05) is 29.5 Å². The number of benzene rings is 1. The summed E-state index contributed by atoms with van der Waals surface area (Å²) in [6.45, 7) is 5.72. The molecule has 3 nitrogen and oxygen atoms in total. The van der Waals surface area contributed by atoms with E-state index in [2.05, 4.69) is 43.0 Å². The first-order valence-corrected chi connectivity index (χ1v) is 7.90. The Morgan fingerprint density at radius 1 is 1.26 bits per heavy atom. The first kappa shape index (κ1) is 15.9. The van der Waals surface area contributed by atoms with Gasteiger partial charge < -0.3 is 10.0 Å². The van der Waals surface area contributed by atoms with Crippen molar-refractivity contribution >= 4 is 23.4 Å². The third-order valence-corrected chi connectivity index (χ3v) is 3.90. The van der Waals surface area contributed by atoms with Crippen molar-refractivity contribution in [1.82, 2.24) is 0 Å². The zero-order chi connectivity index (χ0) is 14.1. The van der Waals surface area contributed by atoms with Crippen molar-refractivity contribution < 1.29 is 9.90 Å². The van der Waals surface area contributed by atoms with E-state index in [1.807, 2.05) is 11.8 Å². The molecule has 0 aliphatic rings. The predicted octanol–water partition coefficient (Wildman–Crippen LogP) is 3.42. The maximum Gasteiger partial charge on any atom is 0.305 e. The fourth-order valence-electron chi connectivity index (χ4n) is 1.86. The second kappa shape index (κ2) is 8.86. The fourth-order valence-corrected chi connectivity index (χ4v) is 2.48. The van der Waals surface area contributed by atoms with Crippen LogP contribution in [-0.2, 0) is 4.79 Å². The summed E-state index contributed by atoms with van der Waals surface area (Å²) in [5, 5.41) is 8.83. The van der Waals surface area contributed by atoms with Crippen LogP contribution < -0.4 is 4.90 Å². The molecule has 0 aromatic heterocycles. The number of carboxylic acid groups (broad SMARTS) is 1. The topological polar surface area (TPSA) is 40.5 Å². The van der Waals surface area contributed by atoms with Crippen molar-refractivity contribution in [1.29, 1.82) is 0 Å². The van der Waals surface area contributed by atoms with E-state index < -0.39 is 5.97 Å². The van der Waals surface area contributed by atoms with Crippen LogP contribution >= 0.6 is 11.8 Å². The molecule has 0 radical (unpaired) electrons. The van der Waals surface area contributed by atoms with Gasteiger partial charge in [-0.1, -0.05) is 24.6 Å². The average Bonchev–Trinajstić information content (AvgIpc) is 2.39. The zero-order valence-electron chi connectivity index (χ0n) is 11.8. The van der Waals surface area contributed by atoms with Gasteiger partial charge in [0.15, 0.2) is 0 Å². The molecule has 0 atom stereocenters. The first-order chi connectivity index (χ1) is 9.13. The number of carbonyl (C=O) groups is 1. The number of hydrogen-bond donors (Lipinski definition) is 1. The molecule has 4 heteroatoms. The maximum absolute atomic E-state index is 10.7. The first-order valence-electron chi connectivity index (χ1n) is 6.74. The van der Waals surface area contributed by atoms with E-state index in [0.29, 0.717) is 6.54 Å². The summed E-state index contributed by atoms with van der Waals surface area (Å²) in [7, 11) is 0. The molecule has 1 rings (SSSR count). The molecule has 1 N–H and O–H groups in total. The Morgan fingerprint density at radius 2 is 1.95 bits per heavy atom. The summed E-state index contributed by atoms with van der Waals surface area (Å²) in [5.74, 6) is 1.53. The van der Waals surface area contributed by atoms with Crippen LogP contribution in [0.3, 0.4) is 0 Å². The van der Waals surface area contributed by atoms with Crippen LogP contribution in [-0.4, -0.2) is 35.7 Å². The molecule has 0 aliphatic carbocycles. The van der Waals surface area contributed by atoms with E-state index in [9.17, 15) is 4.79 Å². The second-order valence-electron chi connectivity index (χ2n) is 4.52. The summed E-state index contributed by atoms with van der Waals surface area (Å²) < 4.78 is 0. The second-order valence-corrected chi connectivity index (χ2v) is 5.91. The van der Waals surface area contributed by atoms with E-state index in [4.69, 9.17) is 5.11 Å². The Kier molecular flexibility index (Phi) is 7.41. The Labute approximate surface area is 120 Å². The van der Waals surface area contributed by atoms with Gasteiger partial charge in [-0.3, -0.25) is 4.79 Å². The minimum atomic E-state index is -0.736. The summed E-state index contributed by atoms with van der Waals surface area (Å²) in [6.07, 6.45) is 1.28. The molecule has 0 fully saturated rings. The van der Waals surface area contributed by atoms with Gasteiger partial charge in [0.25, 0.3) is 0 Å². The van der Waals surface area contributed by atoms with Gasteiger partial charge in [-0.05, 0) is 37.0 Å². The Bertz CT molecular complexity index is 378. The number of anilines is 1. The Morgan fingerprint density at radius 3 is 2.53 bits per heavy atom. The highest BCUT2D eigenvalue weighted by molar-refractivity contribution is 7.99. The molecule has 0 heterocycles. The third-order valence-electron chi connectivity index (χ3n) is 2.92. The predicted molar refractivity (Wildman–Crippen MR) is 83.3 cm³/mol. The number of aliphatic carboxylic acids is 1. The molecule has 0 amide bonds. The van der Waals surface area contributed by atoms with E-state index in [1.54, 1.807) is 0 Å². The largest absolute Gasteiger partial charge is 0.481 e. The average molecular weight is 281 g/mol. The molecule has 0 unspecified atom stereocenters. The van der Waals surface area contributed by atoms with Gasteiger partial charge in [-0.2, -0.15) is 11.8 Å². The van der Waals surface area contributed by atoms with Crippen molar-refractivity contribution in [2.45, 2.75) is 26.7 Å². The van der Waals surface area contributed by atoms with Gasteiger partial charge in [-0.25, -0.2) is 0 Å². The van der Waals surface area contributed by atoms with E-state index in [0.717, 1.165) is 30.2 Å². The molecule has 1 aromatic carbocycles. The number of aryl methyl sites for hydroxylation is 1. The van der Waals surface area contributed by atoms with Gasteiger partial charge in [-0.15, -0.1) is 0 Å². The van der Waals surface area contributed by atoms with Crippen LogP contribution in [0.4, 0.5) is 5.69 Å². The van der Waals surface area contributed by atoms with Gasteiger partial charge in [0.05, 0.1) is 6.42 Å². The maximum atomic E-state index is 10.7. The van der Waals surface area contributed by atoms with Gasteiger partial charge in [0.2, 0.25) is 0 Å². The molecular weight excluding hydrogens is 258 g/mol. The van der Waals surface area contributed by atoms with Crippen molar-refractivity contribution in [3.63, 3.8) is 0 Å². The lowest BCUT2D eigenvalue weighted by atomic mass is 10.2. The van der Waals surface area contributed by atoms with Gasteiger partial charge >= 0.3 is 5.97 Å². The van der Waals surface area contributed by atoms with Crippen LogP contribution in [0, 0.1) is 6.92 Å². The molecular formula is C15H23NO2S. The van der Waals surface area contributed by atoms with Crippen molar-refractivity contribution in [2.24, 2.45) is 0 Å². The molecule has 0 spiro atoms. The van der Waals surface area contributed by atoms with Crippen molar-refractivity contribution in [3.05, 3.63) is 29.8 Å². The van der Waals surface area contributed by atoms with Crippen LogP contribution in [0.15, 0.2) is 24.3 Å². The third kappa shape index (κ3) is 6.53. The van der Waals surface area contributed by atoms with Gasteiger partial charge in [0.1, 0.15) is 0 Å². The zero-order valence-corrected chi connectivity index (χ0v) is 12.6. The highest BCUT2D eigenvalue weighted by Crippen LogP contribution is 2.16. The molecule has 1 aromatic rings. The number of nitrogens with zero attached hydrogens (tertiary/aromatic N) is 1. The number of thioether (sulfide) groups is 1. The minimum absolute atomic E-state index is 0.189. The van der Waals surface area contributed by atoms with Crippen LogP contribution in [0.1, 0.15) is 25.3 Å². The lowest BCUT2D eigenvalue weighted by Gasteiger charge is -2.24. The van der Waals surface area contributed by atoms with Crippen LogP contribution in [0.25, 0.3) is 0 Å². The number of carboxylic acids is 1.